The molecule has 0 atom stereocenters. The van der Waals surface area contributed by atoms with Gasteiger partial charge < -0.3 is 14.4 Å². The second kappa shape index (κ2) is 8.56. The number of hydrogen-bond donors (Lipinski definition) is 0. The first-order valence-electron chi connectivity index (χ1n) is 8.16. The average Bonchev–Trinajstić information content (AvgIpc) is 3.08. The first-order chi connectivity index (χ1) is 11.1. The lowest BCUT2D eigenvalue weighted by atomic mass is 10.2. The van der Waals surface area contributed by atoms with Crippen LogP contribution < -0.4 is 4.74 Å². The number of hydrogen-bond acceptors (Lipinski definition) is 4. The Kier molecular flexibility index (Phi) is 6.44. The first kappa shape index (κ1) is 17.3. The summed E-state index contributed by atoms with van der Waals surface area (Å²) < 4.78 is 10.3. The summed E-state index contributed by atoms with van der Waals surface area (Å²) in [6, 6.07) is 7.83. The van der Waals surface area contributed by atoms with Crippen molar-refractivity contribution in [1.82, 2.24) is 4.90 Å². The molecular weight excluding hydrogens is 294 g/mol. The number of benzene rings is 1. The van der Waals surface area contributed by atoms with Crippen LogP contribution in [0.15, 0.2) is 24.3 Å². The molecule has 1 amide bonds. The molecule has 1 saturated carbocycles. The quantitative estimate of drug-likeness (QED) is 0.725. The highest BCUT2D eigenvalue weighted by Gasteiger charge is 2.27. The van der Waals surface area contributed by atoms with E-state index < -0.39 is 0 Å². The van der Waals surface area contributed by atoms with Crippen LogP contribution in [0.5, 0.6) is 5.75 Å². The zero-order valence-electron chi connectivity index (χ0n) is 13.9. The fourth-order valence-corrected chi connectivity index (χ4v) is 2.90. The topological polar surface area (TPSA) is 55.8 Å². The Labute approximate surface area is 137 Å². The molecule has 0 bridgehead atoms. The monoisotopic (exact) mass is 319 g/mol. The first-order valence-corrected chi connectivity index (χ1v) is 8.16. The van der Waals surface area contributed by atoms with Crippen LogP contribution in [0.3, 0.4) is 0 Å². The number of aryl methyl sites for hydroxylation is 1. The number of carbonyl (C=O) groups is 2. The van der Waals surface area contributed by atoms with Crippen LogP contribution in [0.4, 0.5) is 0 Å². The van der Waals surface area contributed by atoms with E-state index in [4.69, 9.17) is 4.74 Å². The van der Waals surface area contributed by atoms with E-state index in [0.717, 1.165) is 31.2 Å². The van der Waals surface area contributed by atoms with Crippen molar-refractivity contribution in [2.75, 3.05) is 20.3 Å². The molecule has 0 aromatic heterocycles. The summed E-state index contributed by atoms with van der Waals surface area (Å²) in [5, 5.41) is 0. The van der Waals surface area contributed by atoms with Crippen LogP contribution >= 0.6 is 0 Å². The Morgan fingerprint density at radius 1 is 1.17 bits per heavy atom. The molecule has 23 heavy (non-hydrogen) atoms. The number of esters is 1. The van der Waals surface area contributed by atoms with Crippen LogP contribution in [0.25, 0.3) is 0 Å². The predicted octanol–water partition coefficient (Wildman–Crippen LogP) is 2.71. The van der Waals surface area contributed by atoms with Gasteiger partial charge in [-0.3, -0.25) is 9.59 Å². The van der Waals surface area contributed by atoms with Crippen molar-refractivity contribution < 1.29 is 19.1 Å². The summed E-state index contributed by atoms with van der Waals surface area (Å²) in [6.07, 6.45) is 4.48. The molecule has 5 nitrogen and oxygen atoms in total. The SMILES string of the molecule is COC(=O)CCN(C(=O)COc1ccc(C)cc1)C1CCCC1. The van der Waals surface area contributed by atoms with E-state index in [1.807, 2.05) is 31.2 Å². The molecule has 1 aromatic rings. The molecule has 1 fully saturated rings. The van der Waals surface area contributed by atoms with Gasteiger partial charge in [-0.25, -0.2) is 0 Å². The summed E-state index contributed by atoms with van der Waals surface area (Å²) in [6.45, 7) is 2.40. The highest BCUT2D eigenvalue weighted by atomic mass is 16.5. The normalized spacial score (nSPS) is 14.5. The van der Waals surface area contributed by atoms with Crippen molar-refractivity contribution in [3.05, 3.63) is 29.8 Å². The van der Waals surface area contributed by atoms with E-state index >= 15 is 0 Å². The molecule has 2 rings (SSSR count). The minimum absolute atomic E-state index is 0.000728. The predicted molar refractivity (Wildman–Crippen MR) is 87.3 cm³/mol. The van der Waals surface area contributed by atoms with Crippen molar-refractivity contribution in [2.24, 2.45) is 0 Å². The van der Waals surface area contributed by atoms with E-state index in [1.165, 1.54) is 7.11 Å². The number of rotatable bonds is 7. The summed E-state index contributed by atoms with van der Waals surface area (Å²) in [5.41, 5.74) is 1.15. The average molecular weight is 319 g/mol. The highest BCUT2D eigenvalue weighted by molar-refractivity contribution is 5.79. The summed E-state index contributed by atoms with van der Waals surface area (Å²) in [4.78, 5) is 25.7. The van der Waals surface area contributed by atoms with Gasteiger partial charge in [0, 0.05) is 12.6 Å². The van der Waals surface area contributed by atoms with Gasteiger partial charge in [0.05, 0.1) is 13.5 Å². The van der Waals surface area contributed by atoms with Crippen molar-refractivity contribution in [3.63, 3.8) is 0 Å². The van der Waals surface area contributed by atoms with Gasteiger partial charge in [0.25, 0.3) is 5.91 Å². The zero-order chi connectivity index (χ0) is 16.7. The fourth-order valence-electron chi connectivity index (χ4n) is 2.90. The third kappa shape index (κ3) is 5.27. The van der Waals surface area contributed by atoms with Crippen LogP contribution in [0.1, 0.15) is 37.7 Å². The lowest BCUT2D eigenvalue weighted by molar-refractivity contribution is -0.142. The molecule has 0 N–H and O–H groups in total. The second-order valence-corrected chi connectivity index (χ2v) is 5.95. The number of methoxy groups -OCH3 is 1. The molecule has 1 aliphatic rings. The van der Waals surface area contributed by atoms with E-state index in [0.29, 0.717) is 12.3 Å². The Hall–Kier alpha value is -2.04. The minimum Gasteiger partial charge on any atom is -0.484 e. The van der Waals surface area contributed by atoms with E-state index in [9.17, 15) is 9.59 Å². The number of ether oxygens (including phenoxy) is 2. The lowest BCUT2D eigenvalue weighted by Crippen LogP contribution is -2.42. The van der Waals surface area contributed by atoms with Crippen molar-refractivity contribution in [1.29, 1.82) is 0 Å². The Morgan fingerprint density at radius 3 is 2.43 bits per heavy atom. The van der Waals surface area contributed by atoms with Gasteiger partial charge in [-0.2, -0.15) is 0 Å². The molecular formula is C18H25NO4. The van der Waals surface area contributed by atoms with Crippen molar-refractivity contribution in [2.45, 2.75) is 45.1 Å². The van der Waals surface area contributed by atoms with E-state index in [1.54, 1.807) is 4.90 Å². The maximum absolute atomic E-state index is 12.5. The van der Waals surface area contributed by atoms with Gasteiger partial charge >= 0.3 is 5.97 Å². The molecule has 0 spiro atoms. The van der Waals surface area contributed by atoms with Gasteiger partial charge in [-0.05, 0) is 31.9 Å². The Morgan fingerprint density at radius 2 is 1.83 bits per heavy atom. The smallest absolute Gasteiger partial charge is 0.307 e. The summed E-state index contributed by atoms with van der Waals surface area (Å²) in [7, 11) is 1.37. The fraction of sp³-hybridized carbons (Fsp3) is 0.556. The van der Waals surface area contributed by atoms with Crippen LogP contribution in [-0.4, -0.2) is 43.1 Å². The molecule has 126 valence electrons. The summed E-state index contributed by atoms with van der Waals surface area (Å²) >= 11 is 0. The lowest BCUT2D eigenvalue weighted by Gasteiger charge is -2.28. The van der Waals surface area contributed by atoms with Gasteiger partial charge in [0.1, 0.15) is 5.75 Å². The van der Waals surface area contributed by atoms with E-state index in [-0.39, 0.29) is 30.9 Å². The number of nitrogens with zero attached hydrogens (tertiary/aromatic N) is 1. The molecule has 1 aliphatic carbocycles. The second-order valence-electron chi connectivity index (χ2n) is 5.95. The van der Waals surface area contributed by atoms with Crippen molar-refractivity contribution >= 4 is 11.9 Å². The maximum Gasteiger partial charge on any atom is 0.307 e. The van der Waals surface area contributed by atoms with Crippen LogP contribution in [0, 0.1) is 6.92 Å². The molecule has 0 heterocycles. The third-order valence-corrected chi connectivity index (χ3v) is 4.25. The molecule has 1 aromatic carbocycles. The standard InChI is InChI=1S/C18H25NO4/c1-14-7-9-16(10-8-14)23-13-17(20)19(12-11-18(21)22-2)15-5-3-4-6-15/h7-10,15H,3-6,11-13H2,1-2H3. The van der Waals surface area contributed by atoms with Crippen LogP contribution in [-0.2, 0) is 14.3 Å². The maximum atomic E-state index is 12.5. The van der Waals surface area contributed by atoms with Gasteiger partial charge in [0.2, 0.25) is 0 Å². The minimum atomic E-state index is -0.291. The highest BCUT2D eigenvalue weighted by Crippen LogP contribution is 2.24. The molecule has 5 heteroatoms. The Bertz CT molecular complexity index is 520. The Balaban J connectivity index is 1.92. The van der Waals surface area contributed by atoms with Gasteiger partial charge in [-0.15, -0.1) is 0 Å². The third-order valence-electron chi connectivity index (χ3n) is 4.25. The van der Waals surface area contributed by atoms with Crippen LogP contribution in [0.2, 0.25) is 0 Å². The largest absolute Gasteiger partial charge is 0.484 e. The molecule has 0 saturated heterocycles. The molecule has 0 unspecified atom stereocenters. The molecule has 0 radical (unpaired) electrons. The van der Waals surface area contributed by atoms with Gasteiger partial charge in [0.15, 0.2) is 6.61 Å². The molecule has 0 aliphatic heterocycles. The summed E-state index contributed by atoms with van der Waals surface area (Å²) in [5.74, 6) is 0.324. The van der Waals surface area contributed by atoms with E-state index in [2.05, 4.69) is 4.74 Å². The number of carbonyl (C=O) groups excluding carboxylic acids is 2. The zero-order valence-corrected chi connectivity index (χ0v) is 13.9. The van der Waals surface area contributed by atoms with Gasteiger partial charge in [-0.1, -0.05) is 30.5 Å². The van der Waals surface area contributed by atoms with Crippen molar-refractivity contribution in [3.8, 4) is 5.75 Å². The number of amides is 1.